The number of rotatable bonds is 2. The molecule has 1 rings (SSSR count). The van der Waals surface area contributed by atoms with E-state index in [1.165, 1.54) is 0 Å². The Kier molecular flexibility index (Phi) is 2.85. The van der Waals surface area contributed by atoms with Crippen LogP contribution in [0.15, 0.2) is 30.9 Å². The van der Waals surface area contributed by atoms with Crippen molar-refractivity contribution >= 4 is 5.97 Å². The molecule has 0 bridgehead atoms. The number of ether oxygens (including phenoxy) is 1. The Balaban J connectivity index is 2.89. The highest BCUT2D eigenvalue weighted by Gasteiger charge is 2.00. The van der Waals surface area contributed by atoms with Gasteiger partial charge in [0.05, 0.1) is 0 Å². The third kappa shape index (κ3) is 2.75. The van der Waals surface area contributed by atoms with Gasteiger partial charge in [0.15, 0.2) is 0 Å². The third-order valence-corrected chi connectivity index (χ3v) is 1.58. The van der Waals surface area contributed by atoms with Gasteiger partial charge in [-0.15, -0.1) is 0 Å². The fraction of sp³-hybridized carbons (Fsp3) is 0.182. The van der Waals surface area contributed by atoms with Crippen LogP contribution in [-0.4, -0.2) is 5.97 Å². The Morgan fingerprint density at radius 1 is 1.31 bits per heavy atom. The lowest BCUT2D eigenvalue weighted by atomic mass is 10.1. The number of hydrogen-bond acceptors (Lipinski definition) is 2. The Bertz CT molecular complexity index is 320. The minimum atomic E-state index is -0.426. The molecular formula is C11H12O2. The molecule has 0 spiro atoms. The van der Waals surface area contributed by atoms with E-state index in [0.29, 0.717) is 5.75 Å². The summed E-state index contributed by atoms with van der Waals surface area (Å²) in [7, 11) is 0. The predicted octanol–water partition coefficient (Wildman–Crippen LogP) is 2.39. The lowest BCUT2D eigenvalue weighted by Gasteiger charge is -2.03. The van der Waals surface area contributed by atoms with E-state index in [1.807, 2.05) is 32.0 Å². The van der Waals surface area contributed by atoms with Crippen molar-refractivity contribution in [2.75, 3.05) is 0 Å². The van der Waals surface area contributed by atoms with E-state index in [9.17, 15) is 4.79 Å². The highest BCUT2D eigenvalue weighted by Crippen LogP contribution is 2.16. The molecule has 0 fully saturated rings. The van der Waals surface area contributed by atoms with Gasteiger partial charge in [-0.2, -0.15) is 0 Å². The number of hydrogen-bond donors (Lipinski definition) is 0. The fourth-order valence-electron chi connectivity index (χ4n) is 1.15. The predicted molar refractivity (Wildman–Crippen MR) is 51.7 cm³/mol. The number of carbonyl (C=O) groups is 1. The Labute approximate surface area is 77.8 Å². The van der Waals surface area contributed by atoms with Crippen molar-refractivity contribution in [1.29, 1.82) is 0 Å². The second kappa shape index (κ2) is 3.90. The minimum absolute atomic E-state index is 0.426. The zero-order valence-corrected chi connectivity index (χ0v) is 7.83. The van der Waals surface area contributed by atoms with Gasteiger partial charge in [0.25, 0.3) is 0 Å². The first-order valence-electron chi connectivity index (χ1n) is 4.04. The maximum absolute atomic E-state index is 10.9. The molecular weight excluding hydrogens is 164 g/mol. The molecule has 0 amide bonds. The van der Waals surface area contributed by atoms with Gasteiger partial charge in [0.2, 0.25) is 0 Å². The molecule has 0 aliphatic heterocycles. The van der Waals surface area contributed by atoms with Gasteiger partial charge in [-0.1, -0.05) is 12.6 Å². The van der Waals surface area contributed by atoms with Crippen molar-refractivity contribution in [3.05, 3.63) is 42.0 Å². The first-order valence-corrected chi connectivity index (χ1v) is 4.04. The van der Waals surface area contributed by atoms with Gasteiger partial charge >= 0.3 is 5.97 Å². The summed E-state index contributed by atoms with van der Waals surface area (Å²) in [5.74, 6) is 0.146. The smallest absolute Gasteiger partial charge is 0.335 e. The van der Waals surface area contributed by atoms with Crippen molar-refractivity contribution in [3.8, 4) is 5.75 Å². The molecule has 0 atom stereocenters. The van der Waals surface area contributed by atoms with E-state index in [-0.39, 0.29) is 0 Å². The summed E-state index contributed by atoms with van der Waals surface area (Å²) in [5, 5.41) is 0. The van der Waals surface area contributed by atoms with Crippen molar-refractivity contribution in [3.63, 3.8) is 0 Å². The van der Waals surface area contributed by atoms with Crippen LogP contribution in [0.4, 0.5) is 0 Å². The summed E-state index contributed by atoms with van der Waals surface area (Å²) in [6.45, 7) is 7.24. The molecule has 0 heterocycles. The molecule has 13 heavy (non-hydrogen) atoms. The molecule has 68 valence electrons. The molecule has 0 saturated heterocycles. The van der Waals surface area contributed by atoms with Gasteiger partial charge in [0.1, 0.15) is 5.75 Å². The van der Waals surface area contributed by atoms with Gasteiger partial charge in [-0.25, -0.2) is 4.79 Å². The van der Waals surface area contributed by atoms with E-state index in [4.69, 9.17) is 4.74 Å². The van der Waals surface area contributed by atoms with Gasteiger partial charge < -0.3 is 4.74 Å². The topological polar surface area (TPSA) is 26.3 Å². The van der Waals surface area contributed by atoms with Crippen LogP contribution in [0.2, 0.25) is 0 Å². The highest BCUT2D eigenvalue weighted by molar-refractivity contribution is 5.83. The number of benzene rings is 1. The number of aryl methyl sites for hydroxylation is 2. The van der Waals surface area contributed by atoms with Crippen LogP contribution in [0, 0.1) is 13.8 Å². The van der Waals surface area contributed by atoms with Gasteiger partial charge in [-0.05, 0) is 37.1 Å². The lowest BCUT2D eigenvalue weighted by Crippen LogP contribution is -2.03. The zero-order valence-electron chi connectivity index (χ0n) is 7.83. The summed E-state index contributed by atoms with van der Waals surface area (Å²) in [6, 6.07) is 5.65. The molecule has 0 aliphatic rings. The summed E-state index contributed by atoms with van der Waals surface area (Å²) in [5.41, 5.74) is 2.15. The largest absolute Gasteiger partial charge is 0.423 e. The van der Waals surface area contributed by atoms with Crippen molar-refractivity contribution < 1.29 is 9.53 Å². The Hall–Kier alpha value is -1.57. The Morgan fingerprint density at radius 2 is 1.85 bits per heavy atom. The van der Waals surface area contributed by atoms with Crippen molar-refractivity contribution in [1.82, 2.24) is 0 Å². The molecule has 0 aliphatic carbocycles. The molecule has 0 aromatic heterocycles. The van der Waals surface area contributed by atoms with E-state index in [1.54, 1.807) is 0 Å². The maximum atomic E-state index is 10.9. The van der Waals surface area contributed by atoms with Crippen LogP contribution in [0.3, 0.4) is 0 Å². The first-order chi connectivity index (χ1) is 6.11. The summed E-state index contributed by atoms with van der Waals surface area (Å²) in [6.07, 6.45) is 1.15. The minimum Gasteiger partial charge on any atom is -0.423 e. The molecule has 2 nitrogen and oxygen atoms in total. The van der Waals surface area contributed by atoms with Gasteiger partial charge in [0, 0.05) is 6.08 Å². The molecule has 1 aromatic carbocycles. The molecule has 0 unspecified atom stereocenters. The van der Waals surface area contributed by atoms with Gasteiger partial charge in [-0.3, -0.25) is 0 Å². The molecule has 0 saturated carbocycles. The summed E-state index contributed by atoms with van der Waals surface area (Å²) >= 11 is 0. The number of carbonyl (C=O) groups excluding carboxylic acids is 1. The monoisotopic (exact) mass is 176 g/mol. The standard InChI is InChI=1S/C11H12O2/c1-4-11(12)13-10-6-8(2)5-9(3)7-10/h4-7H,1H2,2-3H3. The van der Waals surface area contributed by atoms with Crippen molar-refractivity contribution in [2.24, 2.45) is 0 Å². The molecule has 1 aromatic rings. The van der Waals surface area contributed by atoms with Crippen molar-refractivity contribution in [2.45, 2.75) is 13.8 Å². The fourth-order valence-corrected chi connectivity index (χ4v) is 1.15. The lowest BCUT2D eigenvalue weighted by molar-refractivity contribution is -0.128. The van der Waals surface area contributed by atoms with Crippen LogP contribution < -0.4 is 4.74 Å². The summed E-state index contributed by atoms with van der Waals surface area (Å²) < 4.78 is 4.97. The Morgan fingerprint density at radius 3 is 2.31 bits per heavy atom. The van der Waals surface area contributed by atoms with Crippen LogP contribution >= 0.6 is 0 Å². The van der Waals surface area contributed by atoms with E-state index >= 15 is 0 Å². The van der Waals surface area contributed by atoms with E-state index < -0.39 is 5.97 Å². The van der Waals surface area contributed by atoms with Crippen LogP contribution in [0.1, 0.15) is 11.1 Å². The second-order valence-electron chi connectivity index (χ2n) is 2.95. The van der Waals surface area contributed by atoms with Crippen LogP contribution in [-0.2, 0) is 4.79 Å². The second-order valence-corrected chi connectivity index (χ2v) is 2.95. The maximum Gasteiger partial charge on any atom is 0.335 e. The molecule has 0 radical (unpaired) electrons. The van der Waals surface area contributed by atoms with E-state index in [2.05, 4.69) is 6.58 Å². The van der Waals surface area contributed by atoms with Crippen LogP contribution in [0.25, 0.3) is 0 Å². The quantitative estimate of drug-likeness (QED) is 0.393. The zero-order chi connectivity index (χ0) is 9.84. The number of esters is 1. The average Bonchev–Trinajstić information content (AvgIpc) is 2.02. The summed E-state index contributed by atoms with van der Waals surface area (Å²) in [4.78, 5) is 10.9. The average molecular weight is 176 g/mol. The molecule has 0 N–H and O–H groups in total. The first kappa shape index (κ1) is 9.52. The third-order valence-electron chi connectivity index (χ3n) is 1.58. The highest BCUT2D eigenvalue weighted by atomic mass is 16.5. The normalized spacial score (nSPS) is 9.38. The van der Waals surface area contributed by atoms with E-state index in [0.717, 1.165) is 17.2 Å². The molecule has 2 heteroatoms. The van der Waals surface area contributed by atoms with Crippen LogP contribution in [0.5, 0.6) is 5.75 Å². The SMILES string of the molecule is C=CC(=O)Oc1cc(C)cc(C)c1.